The van der Waals surface area contributed by atoms with Crippen molar-refractivity contribution >= 4 is 11.9 Å². The fourth-order valence-corrected chi connectivity index (χ4v) is 4.19. The van der Waals surface area contributed by atoms with Crippen molar-refractivity contribution in [1.29, 1.82) is 0 Å². The second kappa shape index (κ2) is 9.43. The molecular formula is C20H32N4O4. The molecule has 3 rings (SSSR count). The maximum Gasteiger partial charge on any atom is 0.319 e. The molecule has 0 spiro atoms. The Morgan fingerprint density at radius 3 is 2.54 bits per heavy atom. The van der Waals surface area contributed by atoms with Gasteiger partial charge in [0.25, 0.3) is 0 Å². The first-order valence-electron chi connectivity index (χ1n) is 10.1. The number of nitrogens with zero attached hydrogens (tertiary/aromatic N) is 4. The third kappa shape index (κ3) is 4.86. The fourth-order valence-electron chi connectivity index (χ4n) is 4.19. The average molecular weight is 393 g/mol. The number of likely N-dealkylation sites (tertiary alicyclic amines) is 1. The van der Waals surface area contributed by atoms with Crippen LogP contribution in [0.5, 0.6) is 0 Å². The highest BCUT2D eigenvalue weighted by atomic mass is 16.3. The first kappa shape index (κ1) is 20.7. The molecule has 156 valence electrons. The summed E-state index contributed by atoms with van der Waals surface area (Å²) in [7, 11) is 3.51. The zero-order valence-corrected chi connectivity index (χ0v) is 16.9. The normalized spacial score (nSPS) is 21.8. The lowest BCUT2D eigenvalue weighted by molar-refractivity contribution is -0.140. The lowest BCUT2D eigenvalue weighted by Gasteiger charge is -2.43. The summed E-state index contributed by atoms with van der Waals surface area (Å²) in [5.41, 5.74) is 0. The molecule has 1 aromatic heterocycles. The van der Waals surface area contributed by atoms with Crippen LogP contribution in [0.4, 0.5) is 4.79 Å². The molecule has 8 nitrogen and oxygen atoms in total. The average Bonchev–Trinajstić information content (AvgIpc) is 3.21. The van der Waals surface area contributed by atoms with Gasteiger partial charge in [0.2, 0.25) is 5.91 Å². The van der Waals surface area contributed by atoms with Gasteiger partial charge in [0.1, 0.15) is 5.76 Å². The zero-order chi connectivity index (χ0) is 20.1. The van der Waals surface area contributed by atoms with E-state index < -0.39 is 0 Å². The Morgan fingerprint density at radius 1 is 1.18 bits per heavy atom. The summed E-state index contributed by atoms with van der Waals surface area (Å²) in [6, 6.07) is 3.98. The van der Waals surface area contributed by atoms with Crippen LogP contribution < -0.4 is 0 Å². The van der Waals surface area contributed by atoms with E-state index in [4.69, 9.17) is 4.42 Å². The molecule has 3 amide bonds. The van der Waals surface area contributed by atoms with Gasteiger partial charge in [-0.25, -0.2) is 4.79 Å². The van der Waals surface area contributed by atoms with E-state index in [2.05, 4.69) is 4.90 Å². The number of amides is 3. The van der Waals surface area contributed by atoms with Crippen LogP contribution in [0.25, 0.3) is 0 Å². The molecular weight excluding hydrogens is 360 g/mol. The second-order valence-electron chi connectivity index (χ2n) is 7.94. The molecule has 0 bridgehead atoms. The number of urea groups is 1. The smallest absolute Gasteiger partial charge is 0.319 e. The van der Waals surface area contributed by atoms with Gasteiger partial charge in [0.05, 0.1) is 12.8 Å². The SMILES string of the molecule is CN(C)C(=O)N1CCC(C(=O)N2CCN(Cc3ccco3)[C@@H](CCO)C2)CC1. The fraction of sp³-hybridized carbons (Fsp3) is 0.700. The molecule has 2 fully saturated rings. The van der Waals surface area contributed by atoms with Crippen LogP contribution >= 0.6 is 0 Å². The van der Waals surface area contributed by atoms with E-state index in [0.29, 0.717) is 39.1 Å². The number of piperidine rings is 1. The summed E-state index contributed by atoms with van der Waals surface area (Å²) in [5.74, 6) is 1.08. The standard InChI is InChI=1S/C20H32N4O4/c1-21(2)20(27)22-8-5-16(6-9-22)19(26)24-11-10-23(17(14-24)7-12-25)15-18-4-3-13-28-18/h3-4,13,16-17,25H,5-12,14-15H2,1-2H3/t17-/m0/s1. The Hall–Kier alpha value is -2.06. The zero-order valence-electron chi connectivity index (χ0n) is 16.9. The highest BCUT2D eigenvalue weighted by molar-refractivity contribution is 5.80. The molecule has 1 atom stereocenters. The molecule has 0 radical (unpaired) electrons. The van der Waals surface area contributed by atoms with Gasteiger partial charge in [-0.3, -0.25) is 9.69 Å². The van der Waals surface area contributed by atoms with Crippen molar-refractivity contribution in [3.05, 3.63) is 24.2 Å². The Labute approximate surface area is 166 Å². The van der Waals surface area contributed by atoms with Crippen molar-refractivity contribution < 1.29 is 19.1 Å². The lowest BCUT2D eigenvalue weighted by Crippen LogP contribution is -2.56. The molecule has 2 saturated heterocycles. The Morgan fingerprint density at radius 2 is 1.93 bits per heavy atom. The minimum Gasteiger partial charge on any atom is -0.468 e. The Bertz CT molecular complexity index is 641. The monoisotopic (exact) mass is 392 g/mol. The van der Waals surface area contributed by atoms with Gasteiger partial charge in [0, 0.05) is 65.4 Å². The first-order chi connectivity index (χ1) is 13.5. The lowest BCUT2D eigenvalue weighted by atomic mass is 9.94. The molecule has 0 unspecified atom stereocenters. The molecule has 1 N–H and O–H groups in total. The summed E-state index contributed by atoms with van der Waals surface area (Å²) in [5, 5.41) is 9.47. The molecule has 0 saturated carbocycles. The number of rotatable bonds is 5. The summed E-state index contributed by atoms with van der Waals surface area (Å²) in [6.45, 7) is 4.17. The maximum absolute atomic E-state index is 13.0. The van der Waals surface area contributed by atoms with Crippen LogP contribution in [0.15, 0.2) is 22.8 Å². The number of furan rings is 1. The highest BCUT2D eigenvalue weighted by Gasteiger charge is 2.35. The van der Waals surface area contributed by atoms with Gasteiger partial charge in [-0.05, 0) is 31.4 Å². The predicted octanol–water partition coefficient (Wildman–Crippen LogP) is 1.07. The largest absolute Gasteiger partial charge is 0.468 e. The topological polar surface area (TPSA) is 80.5 Å². The Kier molecular flexibility index (Phi) is 6.96. The van der Waals surface area contributed by atoms with Gasteiger partial charge < -0.3 is 24.2 Å². The number of carbonyl (C=O) groups excluding carboxylic acids is 2. The van der Waals surface area contributed by atoms with Gasteiger partial charge >= 0.3 is 6.03 Å². The van der Waals surface area contributed by atoms with Gasteiger partial charge in [-0.2, -0.15) is 0 Å². The molecule has 2 aliphatic rings. The molecule has 2 aliphatic heterocycles. The van der Waals surface area contributed by atoms with E-state index in [-0.39, 0.29) is 30.5 Å². The number of aliphatic hydroxyl groups excluding tert-OH is 1. The maximum atomic E-state index is 13.0. The van der Waals surface area contributed by atoms with E-state index in [0.717, 1.165) is 25.1 Å². The molecule has 0 aromatic carbocycles. The molecule has 1 aromatic rings. The van der Waals surface area contributed by atoms with Crippen molar-refractivity contribution in [3.63, 3.8) is 0 Å². The van der Waals surface area contributed by atoms with E-state index in [1.165, 1.54) is 0 Å². The number of hydrogen-bond donors (Lipinski definition) is 1. The Balaban J connectivity index is 1.54. The van der Waals surface area contributed by atoms with Crippen LogP contribution in [0.3, 0.4) is 0 Å². The van der Waals surface area contributed by atoms with Crippen molar-refractivity contribution in [3.8, 4) is 0 Å². The third-order valence-electron chi connectivity index (χ3n) is 5.81. The van der Waals surface area contributed by atoms with E-state index in [1.807, 2.05) is 21.9 Å². The van der Waals surface area contributed by atoms with Crippen LogP contribution in [-0.2, 0) is 11.3 Å². The van der Waals surface area contributed by atoms with Crippen molar-refractivity contribution in [1.82, 2.24) is 19.6 Å². The van der Waals surface area contributed by atoms with Gasteiger partial charge in [-0.15, -0.1) is 0 Å². The van der Waals surface area contributed by atoms with E-state index >= 15 is 0 Å². The minimum absolute atomic E-state index is 0.0143. The summed E-state index contributed by atoms with van der Waals surface area (Å²) >= 11 is 0. The summed E-state index contributed by atoms with van der Waals surface area (Å²) in [4.78, 5) is 32.8. The molecule has 8 heteroatoms. The van der Waals surface area contributed by atoms with Crippen LogP contribution in [0.2, 0.25) is 0 Å². The van der Waals surface area contributed by atoms with E-state index in [1.54, 1.807) is 25.3 Å². The third-order valence-corrected chi connectivity index (χ3v) is 5.81. The van der Waals surface area contributed by atoms with Crippen LogP contribution in [0, 0.1) is 5.92 Å². The molecule has 3 heterocycles. The van der Waals surface area contributed by atoms with Gasteiger partial charge in [0.15, 0.2) is 0 Å². The quantitative estimate of drug-likeness (QED) is 0.811. The van der Waals surface area contributed by atoms with Crippen molar-refractivity contribution in [2.24, 2.45) is 5.92 Å². The van der Waals surface area contributed by atoms with Crippen molar-refractivity contribution in [2.45, 2.75) is 31.8 Å². The molecule has 0 aliphatic carbocycles. The number of piperazine rings is 1. The molecule has 28 heavy (non-hydrogen) atoms. The summed E-state index contributed by atoms with van der Waals surface area (Å²) < 4.78 is 5.46. The highest BCUT2D eigenvalue weighted by Crippen LogP contribution is 2.23. The number of hydrogen-bond acceptors (Lipinski definition) is 5. The van der Waals surface area contributed by atoms with Crippen LogP contribution in [-0.4, -0.2) is 96.1 Å². The number of aliphatic hydroxyl groups is 1. The van der Waals surface area contributed by atoms with Crippen molar-refractivity contribution in [2.75, 3.05) is 53.4 Å². The van der Waals surface area contributed by atoms with Crippen LogP contribution in [0.1, 0.15) is 25.0 Å². The first-order valence-corrected chi connectivity index (χ1v) is 10.1. The minimum atomic E-state index is -0.0161. The predicted molar refractivity (Wildman–Crippen MR) is 105 cm³/mol. The van der Waals surface area contributed by atoms with Gasteiger partial charge in [-0.1, -0.05) is 0 Å². The second-order valence-corrected chi connectivity index (χ2v) is 7.94. The number of carbonyl (C=O) groups is 2. The summed E-state index contributed by atoms with van der Waals surface area (Å²) in [6.07, 6.45) is 3.75. The van der Waals surface area contributed by atoms with E-state index in [9.17, 15) is 14.7 Å².